The predicted octanol–water partition coefficient (Wildman–Crippen LogP) is 3.60. The van der Waals surface area contributed by atoms with Gasteiger partial charge in [0.2, 0.25) is 0 Å². The quantitative estimate of drug-likeness (QED) is 0.515. The summed E-state index contributed by atoms with van der Waals surface area (Å²) in [6, 6.07) is 4.26. The van der Waals surface area contributed by atoms with Crippen LogP contribution in [0.3, 0.4) is 0 Å². The van der Waals surface area contributed by atoms with Crippen molar-refractivity contribution in [3.05, 3.63) is 29.6 Å². The van der Waals surface area contributed by atoms with Gasteiger partial charge in [0.15, 0.2) is 0 Å². The number of nitrogens with zero attached hydrogens (tertiary/aromatic N) is 3. The van der Waals surface area contributed by atoms with Crippen molar-refractivity contribution in [1.82, 2.24) is 4.98 Å². The minimum Gasteiger partial charge on any atom is -0.272 e. The molecule has 0 aromatic carbocycles. The molecular formula is C11H17N3P2. The van der Waals surface area contributed by atoms with Gasteiger partial charge in [-0.2, -0.15) is 0 Å². The van der Waals surface area contributed by atoms with Crippen molar-refractivity contribution in [2.75, 3.05) is 13.1 Å². The van der Waals surface area contributed by atoms with Crippen LogP contribution in [-0.2, 0) is 12.8 Å². The minimum absolute atomic E-state index is 0.840. The van der Waals surface area contributed by atoms with E-state index in [4.69, 9.17) is 0 Å². The average Bonchev–Trinajstić information content (AvgIpc) is 2.32. The molecule has 0 bridgehead atoms. The molecule has 0 fully saturated rings. The van der Waals surface area contributed by atoms with Crippen LogP contribution in [-0.4, -0.2) is 18.1 Å². The first-order valence-electron chi connectivity index (χ1n) is 5.47. The Kier molecular flexibility index (Phi) is 7.12. The van der Waals surface area contributed by atoms with Gasteiger partial charge in [-0.15, -0.1) is 0 Å². The molecule has 0 atom stereocenters. The second-order valence-electron chi connectivity index (χ2n) is 3.63. The van der Waals surface area contributed by atoms with Gasteiger partial charge in [-0.1, -0.05) is 6.07 Å². The van der Waals surface area contributed by atoms with E-state index >= 15 is 0 Å². The van der Waals surface area contributed by atoms with Crippen LogP contribution in [0.5, 0.6) is 0 Å². The second kappa shape index (κ2) is 8.50. The Morgan fingerprint density at radius 1 is 1.00 bits per heavy atom. The molecule has 0 aliphatic heterocycles. The maximum atomic E-state index is 4.43. The molecule has 0 saturated heterocycles. The summed E-state index contributed by atoms with van der Waals surface area (Å²) < 4.78 is 7.77. The summed E-state index contributed by atoms with van der Waals surface area (Å²) in [5, 5.41) is 0. The molecule has 0 spiro atoms. The number of hydrogen-bond donors (Lipinski definition) is 0. The highest BCUT2D eigenvalue weighted by Crippen LogP contribution is 2.06. The first-order chi connectivity index (χ1) is 7.86. The number of aryl methyl sites for hydroxylation is 2. The molecule has 3 nitrogen and oxygen atoms in total. The number of aromatic nitrogens is 1. The highest BCUT2D eigenvalue weighted by atomic mass is 31.0. The Morgan fingerprint density at radius 2 is 1.69 bits per heavy atom. The lowest BCUT2D eigenvalue weighted by Gasteiger charge is -2.02. The smallest absolute Gasteiger partial charge is 0.0433 e. The Bertz CT molecular complexity index is 292. The third-order valence-corrected chi connectivity index (χ3v) is 2.77. The van der Waals surface area contributed by atoms with Gasteiger partial charge in [0.1, 0.15) is 0 Å². The molecule has 0 amide bonds. The third kappa shape index (κ3) is 5.44. The molecule has 1 rings (SSSR count). The van der Waals surface area contributed by atoms with Gasteiger partial charge < -0.3 is 0 Å². The topological polar surface area (TPSA) is 37.6 Å². The van der Waals surface area contributed by atoms with Gasteiger partial charge in [-0.3, -0.25) is 14.5 Å². The zero-order valence-corrected chi connectivity index (χ0v) is 11.3. The molecule has 1 heterocycles. The van der Waals surface area contributed by atoms with Gasteiger partial charge in [-0.25, -0.2) is 0 Å². The van der Waals surface area contributed by atoms with E-state index in [9.17, 15) is 0 Å². The summed E-state index contributed by atoms with van der Waals surface area (Å²) in [7, 11) is 6.22. The Balaban J connectivity index is 2.35. The largest absolute Gasteiger partial charge is 0.272 e. The van der Waals surface area contributed by atoms with E-state index in [1.165, 1.54) is 5.56 Å². The van der Waals surface area contributed by atoms with E-state index in [1.54, 1.807) is 0 Å². The fourth-order valence-corrected chi connectivity index (χ4v) is 1.77. The van der Waals surface area contributed by atoms with Crippen LogP contribution in [0.15, 0.2) is 27.8 Å². The predicted molar refractivity (Wildman–Crippen MR) is 72.1 cm³/mol. The van der Waals surface area contributed by atoms with Crippen molar-refractivity contribution in [3.63, 3.8) is 0 Å². The highest BCUT2D eigenvalue weighted by molar-refractivity contribution is 7.04. The molecule has 0 aliphatic carbocycles. The monoisotopic (exact) mass is 253 g/mol. The van der Waals surface area contributed by atoms with Gasteiger partial charge >= 0.3 is 0 Å². The standard InChI is InChI=1S/C11H17N3P2/c15-13-7-1-3-10-5-6-11(12-9-10)4-2-8-14-16/h5-6,9,15-16H,1-4,7-8H2. The molecule has 0 aliphatic rings. The zero-order chi connectivity index (χ0) is 11.6. The third-order valence-electron chi connectivity index (χ3n) is 2.32. The summed E-state index contributed by atoms with van der Waals surface area (Å²) in [6.45, 7) is 1.69. The molecule has 0 N–H and O–H groups in total. The normalized spacial score (nSPS) is 10.0. The van der Waals surface area contributed by atoms with Crippen LogP contribution in [0.2, 0.25) is 0 Å². The molecular weight excluding hydrogens is 236 g/mol. The van der Waals surface area contributed by atoms with Crippen LogP contribution in [0.25, 0.3) is 0 Å². The SMILES string of the molecule is P=NCCCc1ccc(CCCN=P)nc1. The van der Waals surface area contributed by atoms with E-state index in [-0.39, 0.29) is 0 Å². The number of rotatable bonds is 8. The van der Waals surface area contributed by atoms with Gasteiger partial charge in [-0.05, 0) is 55.4 Å². The highest BCUT2D eigenvalue weighted by Gasteiger charge is 1.96. The molecule has 0 unspecified atom stereocenters. The first kappa shape index (κ1) is 13.4. The first-order valence-corrected chi connectivity index (χ1v) is 6.36. The average molecular weight is 253 g/mol. The molecule has 86 valence electrons. The van der Waals surface area contributed by atoms with Crippen molar-refractivity contribution in [1.29, 1.82) is 0 Å². The van der Waals surface area contributed by atoms with Crippen molar-refractivity contribution in [2.45, 2.75) is 25.7 Å². The molecule has 0 saturated carbocycles. The molecule has 16 heavy (non-hydrogen) atoms. The number of pyridine rings is 1. The lowest BCUT2D eigenvalue weighted by atomic mass is 10.1. The van der Waals surface area contributed by atoms with E-state index in [0.29, 0.717) is 0 Å². The molecule has 1 aromatic heterocycles. The van der Waals surface area contributed by atoms with Gasteiger partial charge in [0.25, 0.3) is 0 Å². The van der Waals surface area contributed by atoms with Crippen LogP contribution in [0.1, 0.15) is 24.1 Å². The molecule has 5 heteroatoms. The summed E-state index contributed by atoms with van der Waals surface area (Å²) in [5.74, 6) is 0. The minimum atomic E-state index is 0.840. The summed E-state index contributed by atoms with van der Waals surface area (Å²) in [4.78, 5) is 4.43. The lowest BCUT2D eigenvalue weighted by Crippen LogP contribution is -1.94. The van der Waals surface area contributed by atoms with Crippen LogP contribution < -0.4 is 0 Å². The zero-order valence-electron chi connectivity index (χ0n) is 9.32. The van der Waals surface area contributed by atoms with Crippen LogP contribution in [0, 0.1) is 0 Å². The lowest BCUT2D eigenvalue weighted by molar-refractivity contribution is 0.805. The van der Waals surface area contributed by atoms with E-state index < -0.39 is 0 Å². The van der Waals surface area contributed by atoms with Crippen molar-refractivity contribution < 1.29 is 0 Å². The Labute approximate surface area is 101 Å². The Hall–Kier alpha value is -0.650. The molecule has 1 aromatic rings. The van der Waals surface area contributed by atoms with Crippen molar-refractivity contribution >= 4 is 18.1 Å². The van der Waals surface area contributed by atoms with Crippen LogP contribution >= 0.6 is 18.1 Å². The summed E-state index contributed by atoms with van der Waals surface area (Å²) in [5.41, 5.74) is 2.42. The number of hydrogen-bond acceptors (Lipinski definition) is 3. The van der Waals surface area contributed by atoms with Crippen LogP contribution in [0.4, 0.5) is 0 Å². The van der Waals surface area contributed by atoms with E-state index in [1.807, 2.05) is 6.20 Å². The fourth-order valence-electron chi connectivity index (χ4n) is 1.45. The maximum Gasteiger partial charge on any atom is 0.0433 e. The van der Waals surface area contributed by atoms with E-state index in [2.05, 4.69) is 44.7 Å². The van der Waals surface area contributed by atoms with Gasteiger partial charge in [0, 0.05) is 25.0 Å². The fraction of sp³-hybridized carbons (Fsp3) is 0.545. The summed E-state index contributed by atoms with van der Waals surface area (Å²) in [6.07, 6.45) is 6.10. The molecule has 0 radical (unpaired) electrons. The van der Waals surface area contributed by atoms with Gasteiger partial charge in [0.05, 0.1) is 0 Å². The maximum absolute atomic E-state index is 4.43. The Morgan fingerprint density at radius 3 is 2.25 bits per heavy atom. The van der Waals surface area contributed by atoms with Crippen molar-refractivity contribution in [3.8, 4) is 0 Å². The second-order valence-corrected chi connectivity index (χ2v) is 4.26. The summed E-state index contributed by atoms with van der Waals surface area (Å²) >= 11 is 0. The van der Waals surface area contributed by atoms with Crippen molar-refractivity contribution in [2.24, 2.45) is 9.49 Å². The van der Waals surface area contributed by atoms with E-state index in [0.717, 1.165) is 44.5 Å².